The molecule has 1 aliphatic heterocycles. The summed E-state index contributed by atoms with van der Waals surface area (Å²) < 4.78 is 4.18. The second kappa shape index (κ2) is 15.7. The van der Waals surface area contributed by atoms with Crippen LogP contribution in [-0.2, 0) is 12.8 Å². The van der Waals surface area contributed by atoms with Crippen LogP contribution >= 0.6 is 0 Å². The first-order valence-corrected chi connectivity index (χ1v) is 17.7. The molecule has 52 heavy (non-hydrogen) atoms. The number of nitrogens with zero attached hydrogens (tertiary/aromatic N) is 4. The van der Waals surface area contributed by atoms with Crippen LogP contribution in [0.25, 0.3) is 11.4 Å². The lowest BCUT2D eigenvalue weighted by Crippen LogP contribution is -2.33. The SMILES string of the molecule is Cc1cc2c(cc1C)N/C=C(/[n+]1ccc(Cc3ccccc3)cc1)C=Nc1cc(C)c(C)cc1N/C=C(/[n+]1ccc(Cc3ccccc3)cc1)C=N2. The highest BCUT2D eigenvalue weighted by atomic mass is 15.0. The number of aryl methyl sites for hydroxylation is 4. The average molecular weight is 681 g/mol. The molecule has 2 N–H and O–H groups in total. The van der Waals surface area contributed by atoms with Crippen LogP contribution in [0.4, 0.5) is 22.7 Å². The first-order chi connectivity index (χ1) is 25.4. The smallest absolute Gasteiger partial charge is 0.245 e. The van der Waals surface area contributed by atoms with Gasteiger partial charge in [-0.2, -0.15) is 9.13 Å². The van der Waals surface area contributed by atoms with E-state index in [4.69, 9.17) is 9.98 Å². The van der Waals surface area contributed by atoms with Crippen LogP contribution in [0, 0.1) is 27.7 Å². The molecule has 4 aromatic carbocycles. The van der Waals surface area contributed by atoms with Gasteiger partial charge in [-0.05, 0) is 109 Å². The molecule has 0 saturated carbocycles. The molecule has 6 aromatic rings. The number of nitrogens with one attached hydrogen (secondary N) is 2. The standard InChI is InChI=1S/C46H44N6/c1-33-23-43-44(24-34(33)2)48-30-42(52-21-17-40(18-22-52)28-38-13-9-6-10-14-38)32-50-46-26-36(4)35(3)25-45(46)49-31-41(29-47-43)51-19-15-39(16-20-51)27-37-11-7-5-8-12-37/h5-26,29-32,47,50H,27-28H2,1-4H3/q+2/b41-29+,42-32+,48-30?,49-31?. The van der Waals surface area contributed by atoms with Crippen LogP contribution in [0.3, 0.4) is 0 Å². The molecule has 7 rings (SSSR count). The Morgan fingerprint density at radius 3 is 1.17 bits per heavy atom. The fourth-order valence-corrected chi connectivity index (χ4v) is 6.14. The summed E-state index contributed by atoms with van der Waals surface area (Å²) in [6, 6.07) is 38.3. The predicted molar refractivity (Wildman–Crippen MR) is 216 cm³/mol. The van der Waals surface area contributed by atoms with Crippen molar-refractivity contribution in [3.8, 4) is 0 Å². The quantitative estimate of drug-likeness (QED) is 0.172. The van der Waals surface area contributed by atoms with Gasteiger partial charge in [0.1, 0.15) is 12.4 Å². The van der Waals surface area contributed by atoms with E-state index in [0.29, 0.717) is 0 Å². The molecule has 6 heteroatoms. The van der Waals surface area contributed by atoms with Gasteiger partial charge in [-0.15, -0.1) is 0 Å². The van der Waals surface area contributed by atoms with Crippen molar-refractivity contribution in [3.63, 3.8) is 0 Å². The number of fused-ring (bicyclic) bond motifs is 2. The largest absolute Gasteiger partial charge is 0.354 e. The van der Waals surface area contributed by atoms with Crippen LogP contribution < -0.4 is 19.8 Å². The van der Waals surface area contributed by atoms with Crippen LogP contribution in [0.15, 0.2) is 156 Å². The molecule has 0 amide bonds. The van der Waals surface area contributed by atoms with E-state index < -0.39 is 0 Å². The summed E-state index contributed by atoms with van der Waals surface area (Å²) in [4.78, 5) is 10.2. The maximum absolute atomic E-state index is 5.08. The third kappa shape index (κ3) is 8.31. The molecular formula is C46H44N6+2. The van der Waals surface area contributed by atoms with Gasteiger partial charge in [0.2, 0.25) is 11.4 Å². The van der Waals surface area contributed by atoms with E-state index in [9.17, 15) is 0 Å². The van der Waals surface area contributed by atoms with Crippen LogP contribution in [0.5, 0.6) is 0 Å². The van der Waals surface area contributed by atoms with Crippen molar-refractivity contribution in [2.45, 2.75) is 40.5 Å². The summed E-state index contributed by atoms with van der Waals surface area (Å²) in [5.74, 6) is 0. The minimum absolute atomic E-state index is 0.843. The maximum Gasteiger partial charge on any atom is 0.245 e. The Kier molecular flexibility index (Phi) is 10.3. The second-order valence-corrected chi connectivity index (χ2v) is 13.4. The minimum Gasteiger partial charge on any atom is -0.354 e. The fraction of sp³-hybridized carbons (Fsp3) is 0.130. The number of benzene rings is 4. The molecule has 256 valence electrons. The molecule has 2 aromatic heterocycles. The van der Waals surface area contributed by atoms with Crippen molar-refractivity contribution < 1.29 is 9.13 Å². The number of hydrogen-bond acceptors (Lipinski definition) is 4. The fourth-order valence-electron chi connectivity index (χ4n) is 6.14. The first kappa shape index (κ1) is 34.1. The van der Waals surface area contributed by atoms with Crippen LogP contribution in [0.1, 0.15) is 44.5 Å². The van der Waals surface area contributed by atoms with Gasteiger partial charge in [0.05, 0.1) is 35.1 Å². The van der Waals surface area contributed by atoms with E-state index in [1.54, 1.807) is 0 Å². The van der Waals surface area contributed by atoms with E-state index in [0.717, 1.165) is 47.0 Å². The van der Waals surface area contributed by atoms with E-state index in [1.165, 1.54) is 44.5 Å². The summed E-state index contributed by atoms with van der Waals surface area (Å²) >= 11 is 0. The molecule has 1 aliphatic rings. The van der Waals surface area contributed by atoms with E-state index >= 15 is 0 Å². The normalized spacial score (nSPS) is 14.8. The Morgan fingerprint density at radius 1 is 0.442 bits per heavy atom. The van der Waals surface area contributed by atoms with Crippen molar-refractivity contribution in [3.05, 3.63) is 191 Å². The molecule has 0 saturated heterocycles. The van der Waals surface area contributed by atoms with Crippen molar-refractivity contribution in [1.29, 1.82) is 0 Å². The zero-order valence-electron chi connectivity index (χ0n) is 30.2. The lowest BCUT2D eigenvalue weighted by atomic mass is 10.1. The van der Waals surface area contributed by atoms with Crippen molar-refractivity contribution >= 4 is 46.6 Å². The highest BCUT2D eigenvalue weighted by Crippen LogP contribution is 2.31. The molecule has 3 heterocycles. The Bertz CT molecular complexity index is 2130. The third-order valence-electron chi connectivity index (χ3n) is 9.54. The number of pyridine rings is 2. The maximum atomic E-state index is 5.08. The third-order valence-corrected chi connectivity index (χ3v) is 9.54. The van der Waals surface area contributed by atoms with E-state index in [1.807, 2.05) is 24.8 Å². The number of aromatic nitrogens is 2. The highest BCUT2D eigenvalue weighted by Gasteiger charge is 2.15. The van der Waals surface area contributed by atoms with Crippen LogP contribution in [0.2, 0.25) is 0 Å². The molecule has 0 fully saturated rings. The van der Waals surface area contributed by atoms with E-state index in [-0.39, 0.29) is 0 Å². The first-order valence-electron chi connectivity index (χ1n) is 17.7. The molecular weight excluding hydrogens is 637 g/mol. The van der Waals surface area contributed by atoms with Gasteiger partial charge in [-0.25, -0.2) is 9.98 Å². The Morgan fingerprint density at radius 2 is 0.788 bits per heavy atom. The number of hydrogen-bond donors (Lipinski definition) is 2. The monoisotopic (exact) mass is 680 g/mol. The molecule has 0 atom stereocenters. The molecule has 0 aliphatic carbocycles. The Balaban J connectivity index is 1.27. The summed E-state index contributed by atoms with van der Waals surface area (Å²) in [5.41, 5.74) is 15.0. The average Bonchev–Trinajstić information content (AvgIpc) is 3.16. The van der Waals surface area contributed by atoms with Gasteiger partial charge < -0.3 is 10.6 Å². The molecule has 0 spiro atoms. The van der Waals surface area contributed by atoms with Crippen molar-refractivity contribution in [2.24, 2.45) is 9.98 Å². The van der Waals surface area contributed by atoms with E-state index in [2.05, 4.69) is 181 Å². The van der Waals surface area contributed by atoms with Gasteiger partial charge in [0, 0.05) is 24.3 Å². The lowest BCUT2D eigenvalue weighted by molar-refractivity contribution is -0.576. The molecule has 6 nitrogen and oxygen atoms in total. The summed E-state index contributed by atoms with van der Waals surface area (Å²) in [5, 5.41) is 7.18. The van der Waals surface area contributed by atoms with Gasteiger partial charge in [-0.1, -0.05) is 60.7 Å². The van der Waals surface area contributed by atoms with Gasteiger partial charge in [0.25, 0.3) is 0 Å². The Hall–Kier alpha value is -6.40. The van der Waals surface area contributed by atoms with Gasteiger partial charge in [0.15, 0.2) is 24.8 Å². The summed E-state index contributed by atoms with van der Waals surface area (Å²) in [6.07, 6.45) is 18.0. The predicted octanol–water partition coefficient (Wildman–Crippen LogP) is 9.62. The lowest BCUT2D eigenvalue weighted by Gasteiger charge is -2.12. The molecule has 0 radical (unpaired) electrons. The number of allylic oxidation sites excluding steroid dienone is 2. The topological polar surface area (TPSA) is 56.5 Å². The molecule has 0 unspecified atom stereocenters. The Labute approximate surface area is 306 Å². The molecule has 0 bridgehead atoms. The zero-order valence-corrected chi connectivity index (χ0v) is 30.2. The van der Waals surface area contributed by atoms with Gasteiger partial charge in [-0.3, -0.25) is 0 Å². The summed E-state index contributed by atoms with van der Waals surface area (Å²) in [6.45, 7) is 8.50. The van der Waals surface area contributed by atoms with Crippen molar-refractivity contribution in [1.82, 2.24) is 0 Å². The zero-order chi connectivity index (χ0) is 35.9. The van der Waals surface area contributed by atoms with Crippen LogP contribution in [-0.4, -0.2) is 12.4 Å². The van der Waals surface area contributed by atoms with Gasteiger partial charge >= 0.3 is 0 Å². The number of aliphatic imine (C=N–C) groups is 2. The highest BCUT2D eigenvalue weighted by molar-refractivity contribution is 6.02. The van der Waals surface area contributed by atoms with Crippen molar-refractivity contribution in [2.75, 3.05) is 10.6 Å². The second-order valence-electron chi connectivity index (χ2n) is 13.4. The minimum atomic E-state index is 0.843. The number of anilines is 2. The summed E-state index contributed by atoms with van der Waals surface area (Å²) in [7, 11) is 0. The number of rotatable bonds is 6.